The van der Waals surface area contributed by atoms with E-state index in [2.05, 4.69) is 16.0 Å². The molecule has 11 nitrogen and oxygen atoms in total. The number of carbonyl (C=O) groups is 5. The molecule has 0 aliphatic carbocycles. The largest absolute Gasteiger partial charge is 0.481 e. The maximum atomic E-state index is 12.7. The van der Waals surface area contributed by atoms with E-state index in [1.54, 1.807) is 6.92 Å². The number of hydrogen-bond donors (Lipinski definition) is 6. The van der Waals surface area contributed by atoms with Crippen LogP contribution in [0.5, 0.6) is 0 Å². The Balaban J connectivity index is 2.84. The predicted octanol–water partition coefficient (Wildman–Crippen LogP) is -1.57. The van der Waals surface area contributed by atoms with Gasteiger partial charge in [0.15, 0.2) is 0 Å². The van der Waals surface area contributed by atoms with Crippen molar-refractivity contribution >= 4 is 29.7 Å². The van der Waals surface area contributed by atoms with Gasteiger partial charge in [-0.3, -0.25) is 24.0 Å². The van der Waals surface area contributed by atoms with Crippen molar-refractivity contribution < 1.29 is 34.2 Å². The fourth-order valence-corrected chi connectivity index (χ4v) is 2.80. The van der Waals surface area contributed by atoms with Gasteiger partial charge in [-0.25, -0.2) is 0 Å². The van der Waals surface area contributed by atoms with Crippen LogP contribution in [0.4, 0.5) is 0 Å². The molecule has 1 saturated heterocycles. The van der Waals surface area contributed by atoms with Crippen LogP contribution in [0, 0.1) is 5.92 Å². The zero-order chi connectivity index (χ0) is 21.3. The first kappa shape index (κ1) is 23.3. The molecule has 0 radical (unpaired) electrons. The van der Waals surface area contributed by atoms with Crippen LogP contribution in [0.3, 0.4) is 0 Å². The van der Waals surface area contributed by atoms with Crippen molar-refractivity contribution in [2.75, 3.05) is 13.1 Å². The molecule has 1 rings (SSSR count). The molecule has 6 N–H and O–H groups in total. The lowest BCUT2D eigenvalue weighted by molar-refractivity contribution is -0.142. The SMILES string of the molecule is CCC(C)C(NC(=O)C1CCCN1)C(=O)NC(CC(=O)O)C(=O)NCC(=O)O. The summed E-state index contributed by atoms with van der Waals surface area (Å²) in [7, 11) is 0. The van der Waals surface area contributed by atoms with Crippen molar-refractivity contribution in [3.05, 3.63) is 0 Å². The van der Waals surface area contributed by atoms with Gasteiger partial charge in [-0.15, -0.1) is 0 Å². The molecular formula is C17H28N4O7. The van der Waals surface area contributed by atoms with E-state index >= 15 is 0 Å². The summed E-state index contributed by atoms with van der Waals surface area (Å²) in [5, 5.41) is 27.7. The zero-order valence-corrected chi connectivity index (χ0v) is 16.0. The highest BCUT2D eigenvalue weighted by Gasteiger charge is 2.33. The van der Waals surface area contributed by atoms with Gasteiger partial charge in [0.2, 0.25) is 17.7 Å². The van der Waals surface area contributed by atoms with E-state index < -0.39 is 54.8 Å². The van der Waals surface area contributed by atoms with Gasteiger partial charge in [0.05, 0.1) is 12.5 Å². The molecule has 1 fully saturated rings. The lowest BCUT2D eigenvalue weighted by Gasteiger charge is -2.27. The number of nitrogens with one attached hydrogen (secondary N) is 4. The summed E-state index contributed by atoms with van der Waals surface area (Å²) >= 11 is 0. The van der Waals surface area contributed by atoms with E-state index in [1.165, 1.54) is 0 Å². The molecule has 4 unspecified atom stereocenters. The highest BCUT2D eigenvalue weighted by Crippen LogP contribution is 2.11. The summed E-state index contributed by atoms with van der Waals surface area (Å²) in [5.74, 6) is -4.86. The quantitative estimate of drug-likeness (QED) is 0.241. The van der Waals surface area contributed by atoms with Gasteiger partial charge in [0, 0.05) is 0 Å². The minimum Gasteiger partial charge on any atom is -0.481 e. The number of hydrogen-bond acceptors (Lipinski definition) is 6. The fraction of sp³-hybridized carbons (Fsp3) is 0.706. The first-order valence-electron chi connectivity index (χ1n) is 9.21. The van der Waals surface area contributed by atoms with Gasteiger partial charge in [-0.05, 0) is 25.3 Å². The standard InChI is InChI=1S/C17H28N4O7/c1-3-9(2)14(21-16(27)10-5-4-6-18-10)17(28)20-11(7-12(22)23)15(26)19-8-13(24)25/h9-11,14,18H,3-8H2,1-2H3,(H,19,26)(H,20,28)(H,21,27)(H,22,23)(H,24,25). The highest BCUT2D eigenvalue weighted by atomic mass is 16.4. The molecule has 3 amide bonds. The highest BCUT2D eigenvalue weighted by molar-refractivity contribution is 5.95. The molecule has 1 heterocycles. The Morgan fingerprint density at radius 2 is 1.75 bits per heavy atom. The number of carboxylic acid groups (broad SMARTS) is 2. The molecule has 1 aliphatic rings. The Bertz CT molecular complexity index is 604. The molecule has 11 heteroatoms. The molecule has 28 heavy (non-hydrogen) atoms. The van der Waals surface area contributed by atoms with Crippen LogP contribution < -0.4 is 21.3 Å². The summed E-state index contributed by atoms with van der Waals surface area (Å²) < 4.78 is 0. The smallest absolute Gasteiger partial charge is 0.322 e. The zero-order valence-electron chi connectivity index (χ0n) is 16.0. The van der Waals surface area contributed by atoms with Crippen molar-refractivity contribution in [1.29, 1.82) is 0 Å². The van der Waals surface area contributed by atoms with E-state index in [0.717, 1.165) is 6.42 Å². The van der Waals surface area contributed by atoms with Crippen LogP contribution in [0.15, 0.2) is 0 Å². The van der Waals surface area contributed by atoms with Gasteiger partial charge in [0.25, 0.3) is 0 Å². The first-order chi connectivity index (χ1) is 13.1. The second-order valence-corrected chi connectivity index (χ2v) is 6.79. The topological polar surface area (TPSA) is 174 Å². The third kappa shape index (κ3) is 7.51. The average Bonchev–Trinajstić information content (AvgIpc) is 3.17. The molecule has 0 spiro atoms. The van der Waals surface area contributed by atoms with Gasteiger partial charge in [-0.1, -0.05) is 20.3 Å². The van der Waals surface area contributed by atoms with Crippen LogP contribution in [0.1, 0.15) is 39.5 Å². The molecule has 1 aliphatic heterocycles. The summed E-state index contributed by atoms with van der Waals surface area (Å²) in [5.41, 5.74) is 0. The Kier molecular flexibility index (Phi) is 9.36. The van der Waals surface area contributed by atoms with E-state index in [1.807, 2.05) is 12.2 Å². The Morgan fingerprint density at radius 1 is 1.07 bits per heavy atom. The van der Waals surface area contributed by atoms with Crippen molar-refractivity contribution in [2.24, 2.45) is 5.92 Å². The second kappa shape index (κ2) is 11.2. The van der Waals surface area contributed by atoms with E-state index in [9.17, 15) is 24.0 Å². The molecule has 158 valence electrons. The molecule has 4 atom stereocenters. The molecule has 0 aromatic heterocycles. The lowest BCUT2D eigenvalue weighted by Crippen LogP contribution is -2.58. The van der Waals surface area contributed by atoms with Crippen LogP contribution in [0.2, 0.25) is 0 Å². The van der Waals surface area contributed by atoms with Crippen molar-refractivity contribution in [1.82, 2.24) is 21.3 Å². The minimum absolute atomic E-state index is 0.266. The van der Waals surface area contributed by atoms with Gasteiger partial charge in [0.1, 0.15) is 18.6 Å². The van der Waals surface area contributed by atoms with Crippen LogP contribution >= 0.6 is 0 Å². The molecule has 0 bridgehead atoms. The summed E-state index contributed by atoms with van der Waals surface area (Å²) in [6, 6.07) is -2.81. The monoisotopic (exact) mass is 400 g/mol. The van der Waals surface area contributed by atoms with Gasteiger partial charge in [-0.2, -0.15) is 0 Å². The maximum absolute atomic E-state index is 12.7. The number of carboxylic acids is 2. The molecule has 0 saturated carbocycles. The summed E-state index contributed by atoms with van der Waals surface area (Å²) in [4.78, 5) is 58.7. The Labute approximate surface area is 162 Å². The molecule has 0 aromatic rings. The number of aliphatic carboxylic acids is 2. The molecule has 0 aromatic carbocycles. The summed E-state index contributed by atoms with van der Waals surface area (Å²) in [6.07, 6.45) is 1.34. The lowest BCUT2D eigenvalue weighted by atomic mass is 9.97. The normalized spacial score (nSPS) is 19.1. The number of amides is 3. The Hall–Kier alpha value is -2.69. The molecular weight excluding hydrogens is 372 g/mol. The van der Waals surface area contributed by atoms with Crippen molar-refractivity contribution in [3.8, 4) is 0 Å². The second-order valence-electron chi connectivity index (χ2n) is 6.79. The van der Waals surface area contributed by atoms with Gasteiger partial charge < -0.3 is 31.5 Å². The van der Waals surface area contributed by atoms with Crippen molar-refractivity contribution in [2.45, 2.75) is 57.7 Å². The van der Waals surface area contributed by atoms with E-state index in [-0.39, 0.29) is 11.8 Å². The third-order valence-corrected chi connectivity index (χ3v) is 4.60. The summed E-state index contributed by atoms with van der Waals surface area (Å²) in [6.45, 7) is 3.59. The van der Waals surface area contributed by atoms with Crippen LogP contribution in [-0.4, -0.2) is 71.1 Å². The first-order valence-corrected chi connectivity index (χ1v) is 9.21. The van der Waals surface area contributed by atoms with Crippen LogP contribution in [0.25, 0.3) is 0 Å². The number of rotatable bonds is 11. The average molecular weight is 400 g/mol. The predicted molar refractivity (Wildman–Crippen MR) is 97.2 cm³/mol. The van der Waals surface area contributed by atoms with Crippen molar-refractivity contribution in [3.63, 3.8) is 0 Å². The van der Waals surface area contributed by atoms with E-state index in [4.69, 9.17) is 10.2 Å². The maximum Gasteiger partial charge on any atom is 0.322 e. The van der Waals surface area contributed by atoms with Gasteiger partial charge >= 0.3 is 11.9 Å². The van der Waals surface area contributed by atoms with Crippen LogP contribution in [-0.2, 0) is 24.0 Å². The fourth-order valence-electron chi connectivity index (χ4n) is 2.80. The number of carbonyl (C=O) groups excluding carboxylic acids is 3. The van der Waals surface area contributed by atoms with E-state index in [0.29, 0.717) is 19.4 Å². The minimum atomic E-state index is -1.46. The third-order valence-electron chi connectivity index (χ3n) is 4.60. The Morgan fingerprint density at radius 3 is 2.25 bits per heavy atom.